The highest BCUT2D eigenvalue weighted by Crippen LogP contribution is 2.74. The van der Waals surface area contributed by atoms with Crippen LogP contribution >= 0.6 is 14.3 Å². The highest BCUT2D eigenvalue weighted by atomic mass is 31.2. The van der Waals surface area contributed by atoms with Gasteiger partial charge in [-0.3, -0.25) is 0 Å². The third-order valence-electron chi connectivity index (χ3n) is 16.4. The Morgan fingerprint density at radius 3 is 1.03 bits per heavy atom. The Morgan fingerprint density at radius 1 is 0.486 bits per heavy atom. The number of benzene rings is 4. The van der Waals surface area contributed by atoms with Crippen molar-refractivity contribution in [2.75, 3.05) is 13.2 Å². The normalized spacial score (nSPS) is 28.4. The van der Waals surface area contributed by atoms with Crippen LogP contribution < -0.4 is 30.7 Å². The highest BCUT2D eigenvalue weighted by molar-refractivity contribution is 7.81. The summed E-state index contributed by atoms with van der Waals surface area (Å²) in [5.41, 5.74) is -0.854. The van der Waals surface area contributed by atoms with E-state index in [2.05, 4.69) is 13.2 Å². The number of hydrogen-bond acceptors (Lipinski definition) is 10. The van der Waals surface area contributed by atoms with Crippen LogP contribution in [-0.2, 0) is 28.2 Å². The molecule has 8 saturated carbocycles. The maximum Gasteiger partial charge on any atom is 0.337 e. The topological polar surface area (TPSA) is 146 Å². The van der Waals surface area contributed by atoms with Crippen LogP contribution in [0.2, 0.25) is 0 Å². The van der Waals surface area contributed by atoms with Crippen LogP contribution in [0.1, 0.15) is 119 Å². The van der Waals surface area contributed by atoms with E-state index in [1.807, 2.05) is 114 Å². The summed E-state index contributed by atoms with van der Waals surface area (Å²) in [6.07, 6.45) is 12.9. The average molecular weight is 1020 g/mol. The lowest BCUT2D eigenvalue weighted by Gasteiger charge is -2.59. The Morgan fingerprint density at radius 2 is 0.750 bits per heavy atom. The molecule has 12 heteroatoms. The van der Waals surface area contributed by atoms with Crippen molar-refractivity contribution in [3.8, 4) is 23.0 Å². The fourth-order valence-electron chi connectivity index (χ4n) is 14.5. The number of aromatic hydroxyl groups is 2. The molecule has 4 aromatic rings. The molecule has 0 spiro atoms. The van der Waals surface area contributed by atoms with Crippen molar-refractivity contribution >= 4 is 47.4 Å². The summed E-state index contributed by atoms with van der Waals surface area (Å²) in [7, 11) is -6.67. The maximum absolute atomic E-state index is 15.7. The molecule has 72 heavy (non-hydrogen) atoms. The van der Waals surface area contributed by atoms with Gasteiger partial charge in [0.25, 0.3) is 0 Å². The van der Waals surface area contributed by atoms with Gasteiger partial charge in [-0.15, -0.1) is 0 Å². The molecule has 0 unspecified atom stereocenters. The predicted molar refractivity (Wildman–Crippen MR) is 286 cm³/mol. The zero-order valence-corrected chi connectivity index (χ0v) is 44.9. The quantitative estimate of drug-likeness (QED) is 0.0711. The minimum absolute atomic E-state index is 0.0619. The van der Waals surface area contributed by atoms with Crippen LogP contribution in [-0.4, -0.2) is 56.9 Å². The van der Waals surface area contributed by atoms with E-state index >= 15 is 9.13 Å². The van der Waals surface area contributed by atoms with Crippen molar-refractivity contribution in [3.63, 3.8) is 0 Å². The Bertz CT molecular complexity index is 2570. The minimum atomic E-state index is -3.34. The number of hydrogen-bond donors (Lipinski definition) is 2. The molecule has 4 aromatic carbocycles. The predicted octanol–water partition coefficient (Wildman–Crippen LogP) is 11.9. The molecule has 10 nitrogen and oxygen atoms in total. The number of phenolic OH excluding ortho intramolecular Hbond substituents is 2. The highest BCUT2D eigenvalue weighted by Gasteiger charge is 2.63. The van der Waals surface area contributed by atoms with Gasteiger partial charge in [-0.1, -0.05) is 61.7 Å². The standard InChI is InChI=1S/2C30H37O5P/c2*1-20(28(32)35-29(2,3)4)19-34-25-10-6-8-12-27(25)36(33,26-11-7-5-9-24(26)31)30-16-21-13-22(17-30)15-23(14-21)18-30/h2*5-12,21-23,31H,1,13-19H2,2-4H3/t2*21?,22?,23?,30?,36-/m11/s1. The van der Waals surface area contributed by atoms with Gasteiger partial charge in [-0.05, 0) is 203 Å². The van der Waals surface area contributed by atoms with E-state index in [0.717, 1.165) is 38.5 Å². The summed E-state index contributed by atoms with van der Waals surface area (Å²) >= 11 is 0. The van der Waals surface area contributed by atoms with Gasteiger partial charge in [-0.2, -0.15) is 0 Å². The molecule has 0 aliphatic heterocycles. The number of ether oxygens (including phenoxy) is 4. The molecule has 0 heterocycles. The molecule has 2 atom stereocenters. The Labute approximate surface area is 426 Å². The van der Waals surface area contributed by atoms with Gasteiger partial charge in [0.05, 0.1) is 32.4 Å². The van der Waals surface area contributed by atoms with E-state index in [0.29, 0.717) is 68.2 Å². The number of carbonyl (C=O) groups excluding carboxylic acids is 2. The molecule has 384 valence electrons. The molecule has 0 radical (unpaired) electrons. The summed E-state index contributed by atoms with van der Waals surface area (Å²) in [6, 6.07) is 29.1. The van der Waals surface area contributed by atoms with Crippen LogP contribution in [0.5, 0.6) is 23.0 Å². The zero-order chi connectivity index (χ0) is 51.4. The summed E-state index contributed by atoms with van der Waals surface area (Å²) < 4.78 is 54.6. The van der Waals surface area contributed by atoms with Crippen molar-refractivity contribution in [1.29, 1.82) is 0 Å². The molecule has 8 aliphatic carbocycles. The van der Waals surface area contributed by atoms with E-state index in [4.69, 9.17) is 18.9 Å². The van der Waals surface area contributed by atoms with E-state index in [1.54, 1.807) is 24.3 Å². The number of carbonyl (C=O) groups is 2. The van der Waals surface area contributed by atoms with Crippen molar-refractivity contribution in [3.05, 3.63) is 121 Å². The van der Waals surface area contributed by atoms with E-state index < -0.39 is 37.4 Å². The maximum atomic E-state index is 15.7. The van der Waals surface area contributed by atoms with E-state index in [-0.39, 0.29) is 46.2 Å². The van der Waals surface area contributed by atoms with Gasteiger partial charge >= 0.3 is 11.9 Å². The fraction of sp³-hybridized carbons (Fsp3) is 0.500. The Balaban J connectivity index is 0.000000178. The zero-order valence-electron chi connectivity index (χ0n) is 43.1. The molecule has 0 amide bonds. The van der Waals surface area contributed by atoms with Gasteiger partial charge in [0.1, 0.15) is 47.4 Å². The van der Waals surface area contributed by atoms with Crippen LogP contribution in [0, 0.1) is 35.5 Å². The van der Waals surface area contributed by atoms with E-state index in [1.165, 1.54) is 38.5 Å². The molecule has 12 rings (SSSR count). The first kappa shape index (κ1) is 51.8. The van der Waals surface area contributed by atoms with Gasteiger partial charge in [0.2, 0.25) is 0 Å². The summed E-state index contributed by atoms with van der Waals surface area (Å²) in [5, 5.41) is 23.6. The molecule has 0 saturated heterocycles. The van der Waals surface area contributed by atoms with Crippen molar-refractivity contribution in [1.82, 2.24) is 0 Å². The first-order chi connectivity index (χ1) is 34.0. The first-order valence-electron chi connectivity index (χ1n) is 26.1. The summed E-state index contributed by atoms with van der Waals surface area (Å²) in [5.74, 6) is 3.64. The Hall–Kier alpha value is -5.04. The molecule has 2 N–H and O–H groups in total. The molecule has 8 aliphatic rings. The van der Waals surface area contributed by atoms with Crippen LogP contribution in [0.3, 0.4) is 0 Å². The SMILES string of the molecule is C=C(COc1ccccc1[P@](=O)(c1ccccc1O)C12CC3CC(CC(C3)C1)C2)C(=O)OC(C)(C)C.C=C(COc1ccccc1[P@](=O)(c1ccccc1O)C12CC3CC(CC(C3)C1)C2)C(=O)OC(C)(C)C. The second-order valence-corrected chi connectivity index (χ2v) is 30.5. The lowest BCUT2D eigenvalue weighted by atomic mass is 9.56. The van der Waals surface area contributed by atoms with Gasteiger partial charge in [0, 0.05) is 10.3 Å². The second-order valence-electron chi connectivity index (χ2n) is 24.2. The van der Waals surface area contributed by atoms with Crippen LogP contribution in [0.4, 0.5) is 0 Å². The molecule has 8 fully saturated rings. The van der Waals surface area contributed by atoms with Gasteiger partial charge in [0.15, 0.2) is 14.3 Å². The average Bonchev–Trinajstić information content (AvgIpc) is 3.30. The number of phenols is 2. The van der Waals surface area contributed by atoms with Crippen LogP contribution in [0.25, 0.3) is 0 Å². The van der Waals surface area contributed by atoms with Gasteiger partial charge < -0.3 is 38.3 Å². The molecular formula is C60H74O10P2. The lowest BCUT2D eigenvalue weighted by molar-refractivity contribution is -0.151. The van der Waals surface area contributed by atoms with Crippen molar-refractivity contribution in [2.45, 2.75) is 140 Å². The smallest absolute Gasteiger partial charge is 0.337 e. The van der Waals surface area contributed by atoms with Gasteiger partial charge in [-0.25, -0.2) is 9.59 Å². The lowest BCUT2D eigenvalue weighted by Crippen LogP contribution is -2.53. The summed E-state index contributed by atoms with van der Waals surface area (Å²) in [6.45, 7) is 18.5. The molecular weight excluding hydrogens is 943 g/mol. The first-order valence-corrected chi connectivity index (χ1v) is 29.5. The fourth-order valence-corrected chi connectivity index (χ4v) is 23.0. The molecule has 8 bridgehead atoms. The van der Waals surface area contributed by atoms with Crippen molar-refractivity contribution in [2.24, 2.45) is 35.5 Å². The third-order valence-corrected chi connectivity index (χ3v) is 24.4. The van der Waals surface area contributed by atoms with Crippen molar-refractivity contribution < 1.29 is 47.9 Å². The monoisotopic (exact) mass is 1020 g/mol. The minimum Gasteiger partial charge on any atom is -0.507 e. The number of para-hydroxylation sites is 4. The number of rotatable bonds is 14. The number of esters is 2. The summed E-state index contributed by atoms with van der Waals surface area (Å²) in [4.78, 5) is 24.9. The van der Waals surface area contributed by atoms with Crippen LogP contribution in [0.15, 0.2) is 121 Å². The largest absolute Gasteiger partial charge is 0.507 e. The Kier molecular flexibility index (Phi) is 14.2. The molecule has 0 aromatic heterocycles. The third kappa shape index (κ3) is 10.0. The van der Waals surface area contributed by atoms with E-state index in [9.17, 15) is 19.8 Å². The second kappa shape index (κ2) is 19.7.